The Morgan fingerprint density at radius 1 is 1.25 bits per heavy atom. The van der Waals surface area contributed by atoms with Crippen molar-refractivity contribution in [2.24, 2.45) is 5.41 Å². The Balaban J connectivity index is 2.57. The first-order valence-corrected chi connectivity index (χ1v) is 7.43. The number of rotatable bonds is 3. The number of carboxylic acid groups (broad SMARTS) is 1. The largest absolute Gasteiger partial charge is 0.480 e. The molecule has 1 N–H and O–H groups in total. The van der Waals surface area contributed by atoms with Gasteiger partial charge in [0, 0.05) is 6.07 Å². The molecule has 1 aliphatic rings. The van der Waals surface area contributed by atoms with E-state index in [9.17, 15) is 27.1 Å². The molecule has 0 heterocycles. The highest BCUT2D eigenvalue weighted by Gasteiger charge is 2.63. The molecule has 0 bridgehead atoms. The highest BCUT2D eigenvalue weighted by Crippen LogP contribution is 2.54. The summed E-state index contributed by atoms with van der Waals surface area (Å²) in [5, 5.41) is 9.28. The molecule has 1 aliphatic carbocycles. The molecule has 0 spiro atoms. The van der Waals surface area contributed by atoms with Gasteiger partial charge in [0.05, 0.1) is 0 Å². The van der Waals surface area contributed by atoms with Gasteiger partial charge in [-0.3, -0.25) is 4.79 Å². The van der Waals surface area contributed by atoms with E-state index in [1.165, 1.54) is 0 Å². The fourth-order valence-electron chi connectivity index (χ4n) is 2.85. The van der Waals surface area contributed by atoms with Gasteiger partial charge in [0.2, 0.25) is 0 Å². The molecule has 20 heavy (non-hydrogen) atoms. The van der Waals surface area contributed by atoms with E-state index in [-0.39, 0.29) is 12.8 Å². The van der Waals surface area contributed by atoms with E-state index >= 15 is 0 Å². The van der Waals surface area contributed by atoms with Crippen LogP contribution in [0.1, 0.15) is 26.7 Å². The highest BCUT2D eigenvalue weighted by molar-refractivity contribution is 7.93. The Morgan fingerprint density at radius 2 is 1.80 bits per heavy atom. The quantitative estimate of drug-likeness (QED) is 0.870. The lowest BCUT2D eigenvalue weighted by atomic mass is 9.64. The van der Waals surface area contributed by atoms with Crippen molar-refractivity contribution in [2.75, 3.05) is 0 Å². The SMILES string of the molecule is CC1(C)CC(C(=O)O)(S(=O)(=O)c2ccc(F)cc2F)C1. The smallest absolute Gasteiger partial charge is 0.325 e. The summed E-state index contributed by atoms with van der Waals surface area (Å²) in [6, 6.07) is 2.01. The number of carboxylic acids is 1. The Bertz CT molecular complexity index is 672. The summed E-state index contributed by atoms with van der Waals surface area (Å²) in [6.45, 7) is 3.48. The average Bonchev–Trinajstić information content (AvgIpc) is 2.23. The summed E-state index contributed by atoms with van der Waals surface area (Å²) in [7, 11) is -4.42. The van der Waals surface area contributed by atoms with Crippen LogP contribution in [-0.2, 0) is 14.6 Å². The maximum atomic E-state index is 13.7. The Hall–Kier alpha value is -1.50. The second-order valence-electron chi connectivity index (χ2n) is 5.90. The molecular weight excluding hydrogens is 290 g/mol. The molecule has 1 fully saturated rings. The van der Waals surface area contributed by atoms with Crippen LogP contribution in [0.15, 0.2) is 23.1 Å². The van der Waals surface area contributed by atoms with Crippen LogP contribution in [0.3, 0.4) is 0 Å². The van der Waals surface area contributed by atoms with Crippen LogP contribution < -0.4 is 0 Å². The third kappa shape index (κ3) is 2.00. The van der Waals surface area contributed by atoms with Gasteiger partial charge in [0.25, 0.3) is 0 Å². The van der Waals surface area contributed by atoms with Gasteiger partial charge in [-0.25, -0.2) is 17.2 Å². The van der Waals surface area contributed by atoms with Crippen molar-refractivity contribution in [1.82, 2.24) is 0 Å². The Kier molecular flexibility index (Phi) is 3.16. The minimum Gasteiger partial charge on any atom is -0.480 e. The summed E-state index contributed by atoms with van der Waals surface area (Å²) in [5.74, 6) is -3.68. The summed E-state index contributed by atoms with van der Waals surface area (Å²) in [4.78, 5) is 10.6. The molecule has 1 aromatic rings. The molecule has 0 unspecified atom stereocenters. The lowest BCUT2D eigenvalue weighted by Crippen LogP contribution is -2.59. The Labute approximate surface area is 115 Å². The van der Waals surface area contributed by atoms with Crippen molar-refractivity contribution < 1.29 is 27.1 Å². The van der Waals surface area contributed by atoms with Crippen LogP contribution in [0, 0.1) is 17.0 Å². The minimum absolute atomic E-state index is 0.103. The first-order valence-electron chi connectivity index (χ1n) is 5.95. The van der Waals surface area contributed by atoms with Crippen molar-refractivity contribution >= 4 is 15.8 Å². The molecule has 0 aliphatic heterocycles. The predicted octanol–water partition coefficient (Wildman–Crippen LogP) is 2.38. The number of sulfone groups is 1. The van der Waals surface area contributed by atoms with Crippen LogP contribution in [0.5, 0.6) is 0 Å². The molecule has 1 aromatic carbocycles. The number of halogens is 2. The second-order valence-corrected chi connectivity index (χ2v) is 8.12. The van der Waals surface area contributed by atoms with Gasteiger partial charge in [0.1, 0.15) is 16.5 Å². The molecule has 0 radical (unpaired) electrons. The zero-order chi connectivity index (χ0) is 15.3. The molecule has 0 aromatic heterocycles. The van der Waals surface area contributed by atoms with E-state index < -0.39 is 42.5 Å². The third-order valence-corrected chi connectivity index (χ3v) is 6.02. The molecule has 110 valence electrons. The molecule has 7 heteroatoms. The van der Waals surface area contributed by atoms with Gasteiger partial charge in [-0.2, -0.15) is 0 Å². The summed E-state index contributed by atoms with van der Waals surface area (Å²) in [6.07, 6.45) is -0.205. The second kappa shape index (κ2) is 4.25. The molecular formula is C13H14F2O4S. The van der Waals surface area contributed by atoms with Crippen LogP contribution in [0.4, 0.5) is 8.78 Å². The van der Waals surface area contributed by atoms with Gasteiger partial charge in [-0.15, -0.1) is 0 Å². The zero-order valence-electron chi connectivity index (χ0n) is 11.0. The molecule has 2 rings (SSSR count). The van der Waals surface area contributed by atoms with Crippen molar-refractivity contribution in [1.29, 1.82) is 0 Å². The minimum atomic E-state index is -4.42. The molecule has 0 saturated heterocycles. The average molecular weight is 304 g/mol. The van der Waals surface area contributed by atoms with Crippen LogP contribution in [0.2, 0.25) is 0 Å². The van der Waals surface area contributed by atoms with E-state index in [4.69, 9.17) is 0 Å². The number of carbonyl (C=O) groups is 1. The molecule has 1 saturated carbocycles. The fraction of sp³-hybridized carbons (Fsp3) is 0.462. The third-order valence-electron chi connectivity index (χ3n) is 3.62. The number of benzene rings is 1. The van der Waals surface area contributed by atoms with Crippen LogP contribution in [-0.4, -0.2) is 24.2 Å². The van der Waals surface area contributed by atoms with Gasteiger partial charge in [-0.1, -0.05) is 13.8 Å². The summed E-state index contributed by atoms with van der Waals surface area (Å²) >= 11 is 0. The number of hydrogen-bond acceptors (Lipinski definition) is 3. The van der Waals surface area contributed by atoms with Crippen molar-refractivity contribution in [3.05, 3.63) is 29.8 Å². The van der Waals surface area contributed by atoms with Gasteiger partial charge >= 0.3 is 5.97 Å². The maximum Gasteiger partial charge on any atom is 0.325 e. The van der Waals surface area contributed by atoms with E-state index in [1.54, 1.807) is 13.8 Å². The van der Waals surface area contributed by atoms with Gasteiger partial charge in [0.15, 0.2) is 14.6 Å². The monoisotopic (exact) mass is 304 g/mol. The zero-order valence-corrected chi connectivity index (χ0v) is 11.8. The van der Waals surface area contributed by atoms with Gasteiger partial charge in [-0.05, 0) is 30.4 Å². The molecule has 0 atom stereocenters. The summed E-state index contributed by atoms with van der Waals surface area (Å²) in [5.41, 5.74) is -0.442. The standard InChI is InChI=1S/C13H14F2O4S/c1-12(2)6-13(7-12,11(16)17)20(18,19)10-4-3-8(14)5-9(10)15/h3-5H,6-7H2,1-2H3,(H,16,17). The van der Waals surface area contributed by atoms with Crippen LogP contribution >= 0.6 is 0 Å². The molecule has 0 amide bonds. The fourth-order valence-corrected chi connectivity index (χ4v) is 5.23. The highest BCUT2D eigenvalue weighted by atomic mass is 32.2. The lowest BCUT2D eigenvalue weighted by molar-refractivity contribution is -0.146. The van der Waals surface area contributed by atoms with E-state index in [2.05, 4.69) is 0 Å². The van der Waals surface area contributed by atoms with Crippen molar-refractivity contribution in [3.8, 4) is 0 Å². The topological polar surface area (TPSA) is 71.4 Å². The number of aliphatic carboxylic acids is 1. The number of hydrogen-bond donors (Lipinski definition) is 1. The normalized spacial score (nSPS) is 20.2. The van der Waals surface area contributed by atoms with Crippen molar-refractivity contribution in [3.63, 3.8) is 0 Å². The van der Waals surface area contributed by atoms with Gasteiger partial charge < -0.3 is 5.11 Å². The first-order chi connectivity index (χ1) is 9.02. The molecule has 4 nitrogen and oxygen atoms in total. The van der Waals surface area contributed by atoms with E-state index in [0.29, 0.717) is 6.07 Å². The predicted molar refractivity (Wildman–Crippen MR) is 66.9 cm³/mol. The first kappa shape index (κ1) is 14.9. The van der Waals surface area contributed by atoms with E-state index in [0.717, 1.165) is 12.1 Å². The van der Waals surface area contributed by atoms with E-state index in [1.807, 2.05) is 0 Å². The van der Waals surface area contributed by atoms with Crippen molar-refractivity contribution in [2.45, 2.75) is 36.3 Å². The summed E-state index contributed by atoms with van der Waals surface area (Å²) < 4.78 is 49.4. The Morgan fingerprint density at radius 3 is 2.20 bits per heavy atom. The lowest BCUT2D eigenvalue weighted by Gasteiger charge is -2.49. The van der Waals surface area contributed by atoms with Crippen LogP contribution in [0.25, 0.3) is 0 Å². The maximum absolute atomic E-state index is 13.7.